The molecule has 0 heterocycles. The van der Waals surface area contributed by atoms with Crippen molar-refractivity contribution in [2.75, 3.05) is 23.1 Å². The lowest BCUT2D eigenvalue weighted by molar-refractivity contribution is -0.119. The molecule has 33 heavy (non-hydrogen) atoms. The van der Waals surface area contributed by atoms with Crippen LogP contribution in [0.1, 0.15) is 17.5 Å². The van der Waals surface area contributed by atoms with E-state index < -0.39 is 21.7 Å². The van der Waals surface area contributed by atoms with Crippen molar-refractivity contribution in [1.29, 1.82) is 0 Å². The molecule has 0 atom stereocenters. The Kier molecular flexibility index (Phi) is 8.91. The number of hydrogen-bond acceptors (Lipinski definition) is 4. The number of halogens is 1. The Morgan fingerprint density at radius 1 is 0.970 bits per heavy atom. The maximum absolute atomic E-state index is 13.4. The highest BCUT2D eigenvalue weighted by Crippen LogP contribution is 2.23. The lowest BCUT2D eigenvalue weighted by atomic mass is 10.2. The van der Waals surface area contributed by atoms with Crippen LogP contribution in [0.15, 0.2) is 83.8 Å². The van der Waals surface area contributed by atoms with Gasteiger partial charge in [-0.1, -0.05) is 48.0 Å². The Bertz CT molecular complexity index is 1140. The monoisotopic (exact) mass is 486 g/mol. The Morgan fingerprint density at radius 3 is 2.30 bits per heavy atom. The Labute approximate surface area is 199 Å². The van der Waals surface area contributed by atoms with Gasteiger partial charge in [0, 0.05) is 12.3 Å². The Hall–Kier alpha value is -2.84. The highest BCUT2D eigenvalue weighted by atomic mass is 32.2. The van der Waals surface area contributed by atoms with Gasteiger partial charge >= 0.3 is 0 Å². The molecule has 0 aliphatic heterocycles. The number of aryl methyl sites for hydroxylation is 1. The molecular weight excluding hydrogens is 459 g/mol. The van der Waals surface area contributed by atoms with Gasteiger partial charge in [-0.2, -0.15) is 11.8 Å². The maximum Gasteiger partial charge on any atom is 0.264 e. The lowest BCUT2D eigenvalue weighted by Crippen LogP contribution is -2.41. The smallest absolute Gasteiger partial charge is 0.264 e. The number of amides is 1. The fourth-order valence-electron chi connectivity index (χ4n) is 3.10. The average molecular weight is 487 g/mol. The quantitative estimate of drug-likeness (QED) is 0.397. The van der Waals surface area contributed by atoms with Gasteiger partial charge in [0.1, 0.15) is 12.4 Å². The van der Waals surface area contributed by atoms with Crippen molar-refractivity contribution in [2.24, 2.45) is 0 Å². The van der Waals surface area contributed by atoms with Gasteiger partial charge in [0.05, 0.1) is 10.6 Å². The van der Waals surface area contributed by atoms with Gasteiger partial charge < -0.3 is 5.32 Å². The van der Waals surface area contributed by atoms with Crippen LogP contribution < -0.4 is 9.62 Å². The zero-order chi connectivity index (χ0) is 23.7. The number of rotatable bonds is 11. The number of benzene rings is 3. The van der Waals surface area contributed by atoms with Crippen molar-refractivity contribution in [1.82, 2.24) is 5.32 Å². The van der Waals surface area contributed by atoms with E-state index in [0.29, 0.717) is 6.54 Å². The van der Waals surface area contributed by atoms with Gasteiger partial charge in [-0.3, -0.25) is 9.10 Å². The van der Waals surface area contributed by atoms with Crippen LogP contribution in [0.2, 0.25) is 0 Å². The van der Waals surface area contributed by atoms with E-state index in [1.54, 1.807) is 30.0 Å². The molecule has 0 aliphatic carbocycles. The minimum atomic E-state index is -3.99. The van der Waals surface area contributed by atoms with Crippen LogP contribution in [0.3, 0.4) is 0 Å². The third-order valence-electron chi connectivity index (χ3n) is 4.91. The second-order valence-corrected chi connectivity index (χ2v) is 10.5. The van der Waals surface area contributed by atoms with Crippen molar-refractivity contribution in [3.63, 3.8) is 0 Å². The minimum Gasteiger partial charge on any atom is -0.354 e. The first-order valence-corrected chi connectivity index (χ1v) is 13.2. The number of thioether (sulfide) groups is 1. The molecule has 0 saturated carbocycles. The van der Waals surface area contributed by atoms with Crippen LogP contribution in [-0.2, 0) is 20.6 Å². The SMILES string of the molecule is Cc1ccc(CSCCCNC(=O)CN(c2ccc(F)cc2)S(=O)(=O)c2ccccc2)cc1. The molecule has 1 amide bonds. The molecule has 0 aliphatic rings. The fourth-order valence-corrected chi connectivity index (χ4v) is 5.47. The first kappa shape index (κ1) is 24.8. The van der Waals surface area contributed by atoms with E-state index in [2.05, 4.69) is 36.5 Å². The van der Waals surface area contributed by atoms with Gasteiger partial charge in [0.15, 0.2) is 0 Å². The van der Waals surface area contributed by atoms with Crippen LogP contribution in [0.5, 0.6) is 0 Å². The summed E-state index contributed by atoms with van der Waals surface area (Å²) in [5.74, 6) is 0.880. The third kappa shape index (κ3) is 7.33. The Balaban J connectivity index is 1.55. The van der Waals surface area contributed by atoms with Crippen LogP contribution in [0.4, 0.5) is 10.1 Å². The molecule has 0 saturated heterocycles. The zero-order valence-corrected chi connectivity index (χ0v) is 20.0. The molecule has 0 spiro atoms. The summed E-state index contributed by atoms with van der Waals surface area (Å²) in [6, 6.07) is 21.3. The van der Waals surface area contributed by atoms with Gasteiger partial charge in [-0.05, 0) is 61.1 Å². The molecule has 3 rings (SSSR count). The lowest BCUT2D eigenvalue weighted by Gasteiger charge is -2.24. The summed E-state index contributed by atoms with van der Waals surface area (Å²) in [5.41, 5.74) is 2.72. The molecule has 1 N–H and O–H groups in total. The summed E-state index contributed by atoms with van der Waals surface area (Å²) in [7, 11) is -3.99. The van der Waals surface area contributed by atoms with Crippen LogP contribution in [0, 0.1) is 12.7 Å². The molecule has 174 valence electrons. The minimum absolute atomic E-state index is 0.0645. The average Bonchev–Trinajstić information content (AvgIpc) is 2.82. The molecule has 0 unspecified atom stereocenters. The summed E-state index contributed by atoms with van der Waals surface area (Å²) in [4.78, 5) is 12.6. The van der Waals surface area contributed by atoms with E-state index in [1.807, 2.05) is 0 Å². The van der Waals surface area contributed by atoms with Crippen molar-refractivity contribution in [3.8, 4) is 0 Å². The molecule has 0 fully saturated rings. The molecule has 3 aromatic rings. The second kappa shape index (κ2) is 11.9. The second-order valence-electron chi connectivity index (χ2n) is 7.54. The van der Waals surface area contributed by atoms with E-state index in [1.165, 1.54) is 47.5 Å². The molecule has 0 aromatic heterocycles. The standard InChI is InChI=1S/C25H27FN2O3S2/c1-20-8-10-21(11-9-20)19-32-17-5-16-27-25(29)18-28(23-14-12-22(26)13-15-23)33(30,31)24-6-3-2-4-7-24/h2-4,6-15H,5,16-19H2,1H3,(H,27,29). The number of nitrogens with zero attached hydrogens (tertiary/aromatic N) is 1. The molecule has 0 bridgehead atoms. The molecule has 0 radical (unpaired) electrons. The maximum atomic E-state index is 13.4. The molecule has 8 heteroatoms. The Morgan fingerprint density at radius 2 is 1.64 bits per heavy atom. The normalized spacial score (nSPS) is 11.2. The molecule has 3 aromatic carbocycles. The largest absolute Gasteiger partial charge is 0.354 e. The van der Waals surface area contributed by atoms with Gasteiger partial charge in [0.2, 0.25) is 5.91 Å². The van der Waals surface area contributed by atoms with Crippen LogP contribution >= 0.6 is 11.8 Å². The molecule has 5 nitrogen and oxygen atoms in total. The number of carbonyl (C=O) groups excluding carboxylic acids is 1. The van der Waals surface area contributed by atoms with Crippen LogP contribution in [0.25, 0.3) is 0 Å². The highest BCUT2D eigenvalue weighted by Gasteiger charge is 2.27. The topological polar surface area (TPSA) is 66.5 Å². The van der Waals surface area contributed by atoms with E-state index in [-0.39, 0.29) is 17.1 Å². The van der Waals surface area contributed by atoms with E-state index >= 15 is 0 Å². The summed E-state index contributed by atoms with van der Waals surface area (Å²) in [6.07, 6.45) is 0.768. The number of anilines is 1. The predicted molar refractivity (Wildman–Crippen MR) is 132 cm³/mol. The molecular formula is C25H27FN2O3S2. The third-order valence-corrected chi connectivity index (χ3v) is 7.81. The van der Waals surface area contributed by atoms with Gasteiger partial charge in [0.25, 0.3) is 10.0 Å². The number of hydrogen-bond donors (Lipinski definition) is 1. The highest BCUT2D eigenvalue weighted by molar-refractivity contribution is 7.98. The number of nitrogens with one attached hydrogen (secondary N) is 1. The van der Waals surface area contributed by atoms with Crippen molar-refractivity contribution >= 4 is 33.4 Å². The summed E-state index contributed by atoms with van der Waals surface area (Å²) in [6.45, 7) is 2.11. The fraction of sp³-hybridized carbons (Fsp3) is 0.240. The number of sulfonamides is 1. The van der Waals surface area contributed by atoms with E-state index in [0.717, 1.165) is 22.2 Å². The first-order chi connectivity index (χ1) is 15.9. The first-order valence-electron chi connectivity index (χ1n) is 10.6. The van der Waals surface area contributed by atoms with Gasteiger partial charge in [-0.15, -0.1) is 0 Å². The van der Waals surface area contributed by atoms with Crippen molar-refractivity contribution in [2.45, 2.75) is 24.0 Å². The summed E-state index contributed by atoms with van der Waals surface area (Å²) >= 11 is 1.78. The number of carbonyl (C=O) groups is 1. The zero-order valence-electron chi connectivity index (χ0n) is 18.4. The van der Waals surface area contributed by atoms with E-state index in [4.69, 9.17) is 0 Å². The van der Waals surface area contributed by atoms with Crippen molar-refractivity contribution in [3.05, 3.63) is 95.8 Å². The summed E-state index contributed by atoms with van der Waals surface area (Å²) in [5, 5.41) is 2.79. The summed E-state index contributed by atoms with van der Waals surface area (Å²) < 4.78 is 40.7. The predicted octanol–water partition coefficient (Wildman–Crippen LogP) is 4.77. The van der Waals surface area contributed by atoms with Crippen LogP contribution in [-0.4, -0.2) is 33.2 Å². The van der Waals surface area contributed by atoms with Gasteiger partial charge in [-0.25, -0.2) is 12.8 Å². The van der Waals surface area contributed by atoms with E-state index in [9.17, 15) is 17.6 Å². The van der Waals surface area contributed by atoms with Crippen molar-refractivity contribution < 1.29 is 17.6 Å².